The van der Waals surface area contributed by atoms with E-state index in [0.29, 0.717) is 5.69 Å². The lowest BCUT2D eigenvalue weighted by molar-refractivity contribution is -0.117. The lowest BCUT2D eigenvalue weighted by Gasteiger charge is -2.07. The van der Waals surface area contributed by atoms with Crippen LogP contribution >= 0.6 is 0 Å². The molecule has 0 spiro atoms. The second-order valence-electron chi connectivity index (χ2n) is 4.53. The topological polar surface area (TPSA) is 81.4 Å². The van der Waals surface area contributed by atoms with Crippen LogP contribution in [0.5, 0.6) is 0 Å². The third-order valence-corrected chi connectivity index (χ3v) is 2.79. The maximum Gasteiger partial charge on any atom is 0.411 e. The minimum absolute atomic E-state index is 0.179. The van der Waals surface area contributed by atoms with Gasteiger partial charge in [0.1, 0.15) is 6.61 Å². The molecule has 0 fully saturated rings. The first kappa shape index (κ1) is 14.6. The molecular weight excluding hydrogens is 268 g/mol. The molecule has 0 saturated heterocycles. The van der Waals surface area contributed by atoms with Gasteiger partial charge in [0.15, 0.2) is 0 Å². The summed E-state index contributed by atoms with van der Waals surface area (Å²) in [4.78, 5) is 22.4. The van der Waals surface area contributed by atoms with Gasteiger partial charge in [0.2, 0.25) is 5.91 Å². The molecule has 5 heteroatoms. The lowest BCUT2D eigenvalue weighted by Crippen LogP contribution is -2.14. The van der Waals surface area contributed by atoms with Crippen LogP contribution in [-0.2, 0) is 22.6 Å². The van der Waals surface area contributed by atoms with Crippen molar-refractivity contribution in [2.24, 2.45) is 5.73 Å². The number of carbonyl (C=O) groups excluding carboxylic acids is 2. The molecule has 2 amide bonds. The van der Waals surface area contributed by atoms with Crippen molar-refractivity contribution in [3.8, 4) is 0 Å². The van der Waals surface area contributed by atoms with Crippen molar-refractivity contribution < 1.29 is 14.3 Å². The fourth-order valence-corrected chi connectivity index (χ4v) is 1.78. The predicted octanol–water partition coefficient (Wildman–Crippen LogP) is 2.46. The van der Waals surface area contributed by atoms with Crippen LogP contribution in [0.2, 0.25) is 0 Å². The third kappa shape index (κ3) is 4.99. The number of primary amides is 1. The molecular formula is C16H16N2O3. The molecule has 0 radical (unpaired) electrons. The van der Waals surface area contributed by atoms with Crippen molar-refractivity contribution in [1.82, 2.24) is 0 Å². The van der Waals surface area contributed by atoms with Gasteiger partial charge in [-0.3, -0.25) is 10.1 Å². The highest BCUT2D eigenvalue weighted by Crippen LogP contribution is 2.11. The number of nitrogens with two attached hydrogens (primary N) is 1. The van der Waals surface area contributed by atoms with Gasteiger partial charge in [0.05, 0.1) is 6.42 Å². The first-order valence-corrected chi connectivity index (χ1v) is 6.48. The fraction of sp³-hybridized carbons (Fsp3) is 0.125. The van der Waals surface area contributed by atoms with E-state index >= 15 is 0 Å². The Morgan fingerprint density at radius 2 is 1.62 bits per heavy atom. The van der Waals surface area contributed by atoms with Crippen LogP contribution in [0.3, 0.4) is 0 Å². The smallest absolute Gasteiger partial charge is 0.411 e. The second kappa shape index (κ2) is 7.09. The lowest BCUT2D eigenvalue weighted by atomic mass is 10.1. The Hall–Kier alpha value is -2.82. The maximum absolute atomic E-state index is 11.6. The van der Waals surface area contributed by atoms with Gasteiger partial charge in [-0.25, -0.2) is 4.79 Å². The van der Waals surface area contributed by atoms with E-state index in [9.17, 15) is 9.59 Å². The summed E-state index contributed by atoms with van der Waals surface area (Å²) in [6.45, 7) is 0.215. The van der Waals surface area contributed by atoms with Gasteiger partial charge in [-0.05, 0) is 23.3 Å². The number of hydrogen-bond donors (Lipinski definition) is 2. The van der Waals surface area contributed by atoms with Crippen molar-refractivity contribution in [3.05, 3.63) is 65.7 Å². The van der Waals surface area contributed by atoms with Crippen LogP contribution in [0.15, 0.2) is 54.6 Å². The van der Waals surface area contributed by atoms with E-state index in [1.54, 1.807) is 24.3 Å². The number of nitrogens with one attached hydrogen (secondary N) is 1. The van der Waals surface area contributed by atoms with Crippen molar-refractivity contribution in [3.63, 3.8) is 0 Å². The van der Waals surface area contributed by atoms with Gasteiger partial charge in [-0.1, -0.05) is 42.5 Å². The van der Waals surface area contributed by atoms with Crippen LogP contribution in [0.4, 0.5) is 10.5 Å². The average Bonchev–Trinajstić information content (AvgIpc) is 2.48. The largest absolute Gasteiger partial charge is 0.444 e. The number of anilines is 1. The molecule has 2 aromatic carbocycles. The molecule has 0 saturated carbocycles. The van der Waals surface area contributed by atoms with Gasteiger partial charge < -0.3 is 10.5 Å². The highest BCUT2D eigenvalue weighted by Gasteiger charge is 2.04. The zero-order valence-corrected chi connectivity index (χ0v) is 11.4. The van der Waals surface area contributed by atoms with Gasteiger partial charge in [-0.15, -0.1) is 0 Å². The molecule has 108 valence electrons. The molecule has 0 heterocycles. The van der Waals surface area contributed by atoms with Crippen molar-refractivity contribution in [1.29, 1.82) is 0 Å². The molecule has 0 aromatic heterocycles. The minimum atomic E-state index is -0.526. The van der Waals surface area contributed by atoms with E-state index in [1.165, 1.54) is 0 Å². The SMILES string of the molecule is NC(=O)Cc1ccc(NC(=O)OCc2ccccc2)cc1. The van der Waals surface area contributed by atoms with E-state index in [1.807, 2.05) is 30.3 Å². The summed E-state index contributed by atoms with van der Waals surface area (Å²) >= 11 is 0. The summed E-state index contributed by atoms with van der Waals surface area (Å²) in [7, 11) is 0. The molecule has 3 N–H and O–H groups in total. The number of benzene rings is 2. The van der Waals surface area contributed by atoms with E-state index in [2.05, 4.69) is 5.32 Å². The highest BCUT2D eigenvalue weighted by atomic mass is 16.5. The van der Waals surface area contributed by atoms with Crippen LogP contribution in [0, 0.1) is 0 Å². The summed E-state index contributed by atoms with van der Waals surface area (Å²) in [5, 5.41) is 2.62. The molecule has 2 aromatic rings. The standard InChI is InChI=1S/C16H16N2O3/c17-15(19)10-12-6-8-14(9-7-12)18-16(20)21-11-13-4-2-1-3-5-13/h1-9H,10-11H2,(H2,17,19)(H,18,20). The van der Waals surface area contributed by atoms with Gasteiger partial charge in [-0.2, -0.15) is 0 Å². The molecule has 21 heavy (non-hydrogen) atoms. The van der Waals surface area contributed by atoms with Crippen molar-refractivity contribution in [2.45, 2.75) is 13.0 Å². The molecule has 0 atom stereocenters. The van der Waals surface area contributed by atoms with Gasteiger partial charge in [0.25, 0.3) is 0 Å². The van der Waals surface area contributed by atoms with Gasteiger partial charge in [0, 0.05) is 5.69 Å². The normalized spacial score (nSPS) is 9.90. The number of amides is 2. The Kier molecular flexibility index (Phi) is 4.93. The van der Waals surface area contributed by atoms with Crippen LogP contribution < -0.4 is 11.1 Å². The zero-order chi connectivity index (χ0) is 15.1. The molecule has 0 aliphatic carbocycles. The summed E-state index contributed by atoms with van der Waals surface area (Å²) in [6, 6.07) is 16.3. The Bertz CT molecular complexity index is 609. The van der Waals surface area contributed by atoms with E-state index in [0.717, 1.165) is 11.1 Å². The van der Waals surface area contributed by atoms with Crippen molar-refractivity contribution in [2.75, 3.05) is 5.32 Å². The molecule has 2 rings (SSSR count). The molecule has 0 bridgehead atoms. The van der Waals surface area contributed by atoms with E-state index in [4.69, 9.17) is 10.5 Å². The van der Waals surface area contributed by atoms with Crippen molar-refractivity contribution >= 4 is 17.7 Å². The summed E-state index contributed by atoms with van der Waals surface area (Å²) in [6.07, 6.45) is -0.347. The van der Waals surface area contributed by atoms with Crippen LogP contribution in [0.25, 0.3) is 0 Å². The molecule has 0 unspecified atom stereocenters. The van der Waals surface area contributed by atoms with E-state index in [-0.39, 0.29) is 13.0 Å². The van der Waals surface area contributed by atoms with E-state index < -0.39 is 12.0 Å². The zero-order valence-electron chi connectivity index (χ0n) is 11.4. The Labute approximate surface area is 122 Å². The number of ether oxygens (including phenoxy) is 1. The minimum Gasteiger partial charge on any atom is -0.444 e. The predicted molar refractivity (Wildman–Crippen MR) is 79.6 cm³/mol. The third-order valence-electron chi connectivity index (χ3n) is 2.79. The first-order chi connectivity index (χ1) is 10.1. The summed E-state index contributed by atoms with van der Waals surface area (Å²) in [5.41, 5.74) is 7.43. The quantitative estimate of drug-likeness (QED) is 0.885. The number of hydrogen-bond acceptors (Lipinski definition) is 3. The summed E-state index contributed by atoms with van der Waals surface area (Å²) < 4.78 is 5.10. The highest BCUT2D eigenvalue weighted by molar-refractivity contribution is 5.84. The first-order valence-electron chi connectivity index (χ1n) is 6.48. The monoisotopic (exact) mass is 284 g/mol. The number of rotatable bonds is 5. The fourth-order valence-electron chi connectivity index (χ4n) is 1.78. The van der Waals surface area contributed by atoms with Crippen LogP contribution in [0.1, 0.15) is 11.1 Å². The average molecular weight is 284 g/mol. The Morgan fingerprint density at radius 3 is 2.24 bits per heavy atom. The Balaban J connectivity index is 1.83. The molecule has 0 aliphatic rings. The van der Waals surface area contributed by atoms with Crippen LogP contribution in [-0.4, -0.2) is 12.0 Å². The summed E-state index contributed by atoms with van der Waals surface area (Å²) in [5.74, 6) is -0.391. The molecule has 5 nitrogen and oxygen atoms in total. The number of carbonyl (C=O) groups is 2. The second-order valence-corrected chi connectivity index (χ2v) is 4.53. The maximum atomic E-state index is 11.6. The molecule has 0 aliphatic heterocycles. The van der Waals surface area contributed by atoms with Gasteiger partial charge >= 0.3 is 6.09 Å². The Morgan fingerprint density at radius 1 is 0.952 bits per heavy atom.